The Hall–Kier alpha value is -1.04. The van der Waals surface area contributed by atoms with Crippen molar-refractivity contribution in [1.29, 1.82) is 0 Å². The van der Waals surface area contributed by atoms with Crippen LogP contribution in [0.15, 0.2) is 12.1 Å². The third-order valence-corrected chi connectivity index (χ3v) is 2.97. The first-order valence-electron chi connectivity index (χ1n) is 5.26. The smallest absolute Gasteiger partial charge is 0.315 e. The first-order chi connectivity index (χ1) is 8.47. The quantitative estimate of drug-likeness (QED) is 0.747. The Morgan fingerprint density at radius 3 is 2.78 bits per heavy atom. The van der Waals surface area contributed by atoms with E-state index in [9.17, 15) is 9.18 Å². The van der Waals surface area contributed by atoms with Gasteiger partial charge in [0, 0.05) is 17.1 Å². The summed E-state index contributed by atoms with van der Waals surface area (Å²) in [4.78, 5) is 11.4. The van der Waals surface area contributed by atoms with E-state index in [0.717, 1.165) is 6.07 Å². The maximum Gasteiger partial charge on any atom is 0.315 e. The molecule has 4 nitrogen and oxygen atoms in total. The number of hydrogen-bond acceptors (Lipinski definition) is 2. The fraction of sp³-hybridized carbons (Fsp3) is 0.364. The molecule has 1 unspecified atom stereocenters. The molecule has 0 bridgehead atoms. The number of hydrogen-bond donors (Lipinski definition) is 3. The summed E-state index contributed by atoms with van der Waals surface area (Å²) in [7, 11) is 0. The van der Waals surface area contributed by atoms with Crippen molar-refractivity contribution in [2.45, 2.75) is 13.0 Å². The third kappa shape index (κ3) is 3.73. The van der Waals surface area contributed by atoms with Crippen LogP contribution in [0.2, 0.25) is 10.0 Å². The molecule has 1 rings (SSSR count). The van der Waals surface area contributed by atoms with Crippen LogP contribution < -0.4 is 10.6 Å². The summed E-state index contributed by atoms with van der Waals surface area (Å²) >= 11 is 11.7. The third-order valence-electron chi connectivity index (χ3n) is 2.26. The molecular formula is C11H13Cl2FN2O2. The van der Waals surface area contributed by atoms with Crippen molar-refractivity contribution in [3.63, 3.8) is 0 Å². The molecule has 1 aromatic rings. The molecule has 18 heavy (non-hydrogen) atoms. The van der Waals surface area contributed by atoms with Crippen molar-refractivity contribution in [1.82, 2.24) is 10.6 Å². The normalized spacial score (nSPS) is 12.1. The Kier molecular flexibility index (Phi) is 5.65. The molecule has 1 aromatic carbocycles. The predicted molar refractivity (Wildman–Crippen MR) is 68.5 cm³/mol. The van der Waals surface area contributed by atoms with Crippen LogP contribution in [0, 0.1) is 5.82 Å². The van der Waals surface area contributed by atoms with Gasteiger partial charge < -0.3 is 15.7 Å². The fourth-order valence-electron chi connectivity index (χ4n) is 1.43. The monoisotopic (exact) mass is 294 g/mol. The van der Waals surface area contributed by atoms with E-state index >= 15 is 0 Å². The molecule has 2 amide bonds. The summed E-state index contributed by atoms with van der Waals surface area (Å²) < 4.78 is 13.3. The fourth-order valence-corrected chi connectivity index (χ4v) is 2.13. The van der Waals surface area contributed by atoms with Crippen molar-refractivity contribution in [3.8, 4) is 0 Å². The predicted octanol–water partition coefficient (Wildman–Crippen LogP) is 2.49. The molecule has 1 atom stereocenters. The maximum atomic E-state index is 13.3. The zero-order valence-electron chi connectivity index (χ0n) is 9.64. The van der Waals surface area contributed by atoms with Gasteiger partial charge in [-0.15, -0.1) is 0 Å². The van der Waals surface area contributed by atoms with E-state index in [1.54, 1.807) is 6.92 Å². The second-order valence-electron chi connectivity index (χ2n) is 3.60. The first kappa shape index (κ1) is 15.0. The maximum absolute atomic E-state index is 13.3. The van der Waals surface area contributed by atoms with E-state index in [2.05, 4.69) is 10.6 Å². The first-order valence-corrected chi connectivity index (χ1v) is 6.01. The van der Waals surface area contributed by atoms with Crippen molar-refractivity contribution in [2.75, 3.05) is 13.2 Å². The van der Waals surface area contributed by atoms with Gasteiger partial charge in [-0.1, -0.05) is 23.2 Å². The highest BCUT2D eigenvalue weighted by Gasteiger charge is 2.18. The number of benzene rings is 1. The molecule has 3 N–H and O–H groups in total. The van der Waals surface area contributed by atoms with Gasteiger partial charge in [-0.25, -0.2) is 9.18 Å². The Morgan fingerprint density at radius 2 is 2.17 bits per heavy atom. The SMILES string of the molecule is CC(NC(=O)NCCO)c1c(Cl)ccc(F)c1Cl. The number of aliphatic hydroxyl groups is 1. The van der Waals surface area contributed by atoms with E-state index in [4.69, 9.17) is 28.3 Å². The summed E-state index contributed by atoms with van der Waals surface area (Å²) in [6.07, 6.45) is 0. The van der Waals surface area contributed by atoms with Gasteiger partial charge in [-0.2, -0.15) is 0 Å². The van der Waals surface area contributed by atoms with Crippen LogP contribution in [0.4, 0.5) is 9.18 Å². The minimum absolute atomic E-state index is 0.113. The van der Waals surface area contributed by atoms with Crippen LogP contribution in [0.5, 0.6) is 0 Å². The molecule has 0 spiro atoms. The van der Waals surface area contributed by atoms with Crippen LogP contribution >= 0.6 is 23.2 Å². The van der Waals surface area contributed by atoms with Crippen molar-refractivity contribution in [3.05, 3.63) is 33.6 Å². The highest BCUT2D eigenvalue weighted by Crippen LogP contribution is 2.32. The molecule has 0 fully saturated rings. The molecule has 0 aromatic heterocycles. The van der Waals surface area contributed by atoms with Gasteiger partial charge in [0.15, 0.2) is 0 Å². The van der Waals surface area contributed by atoms with Gasteiger partial charge in [0.1, 0.15) is 5.82 Å². The van der Waals surface area contributed by atoms with Gasteiger partial charge in [0.25, 0.3) is 0 Å². The average Bonchev–Trinajstić information content (AvgIpc) is 2.31. The summed E-state index contributed by atoms with van der Waals surface area (Å²) in [5, 5.41) is 13.7. The molecule has 0 saturated heterocycles. The lowest BCUT2D eigenvalue weighted by Gasteiger charge is -2.17. The van der Waals surface area contributed by atoms with Crippen LogP contribution in [0.3, 0.4) is 0 Å². The molecule has 0 saturated carbocycles. The van der Waals surface area contributed by atoms with Gasteiger partial charge in [0.05, 0.1) is 17.7 Å². The molecule has 0 aliphatic heterocycles. The number of nitrogens with one attached hydrogen (secondary N) is 2. The van der Waals surface area contributed by atoms with Crippen LogP contribution in [0.1, 0.15) is 18.5 Å². The van der Waals surface area contributed by atoms with E-state index in [1.165, 1.54) is 6.07 Å². The summed E-state index contributed by atoms with van der Waals surface area (Å²) in [5.41, 5.74) is 0.317. The zero-order valence-corrected chi connectivity index (χ0v) is 11.1. The number of rotatable bonds is 4. The number of aliphatic hydroxyl groups excluding tert-OH is 1. The number of carbonyl (C=O) groups excluding carboxylic acids is 1. The van der Waals surface area contributed by atoms with E-state index in [0.29, 0.717) is 5.56 Å². The van der Waals surface area contributed by atoms with Crippen molar-refractivity contribution < 1.29 is 14.3 Å². The Bertz CT molecular complexity index is 443. The van der Waals surface area contributed by atoms with E-state index in [1.807, 2.05) is 0 Å². The summed E-state index contributed by atoms with van der Waals surface area (Å²) in [5.74, 6) is -0.597. The van der Waals surface area contributed by atoms with Crippen LogP contribution in [-0.4, -0.2) is 24.3 Å². The largest absolute Gasteiger partial charge is 0.395 e. The Morgan fingerprint density at radius 1 is 1.50 bits per heavy atom. The second-order valence-corrected chi connectivity index (χ2v) is 4.39. The van der Waals surface area contributed by atoms with E-state index in [-0.39, 0.29) is 23.2 Å². The molecule has 0 radical (unpaired) electrons. The number of amides is 2. The second kappa shape index (κ2) is 6.78. The minimum atomic E-state index is -0.597. The average molecular weight is 295 g/mol. The van der Waals surface area contributed by atoms with Crippen molar-refractivity contribution >= 4 is 29.2 Å². The number of urea groups is 1. The molecular weight excluding hydrogens is 282 g/mol. The molecule has 0 aliphatic carbocycles. The zero-order chi connectivity index (χ0) is 13.7. The lowest BCUT2D eigenvalue weighted by Crippen LogP contribution is -2.38. The lowest BCUT2D eigenvalue weighted by molar-refractivity contribution is 0.231. The number of halogens is 3. The molecule has 0 aliphatic rings. The van der Waals surface area contributed by atoms with E-state index < -0.39 is 17.9 Å². The Labute approximate surface area is 114 Å². The molecule has 0 heterocycles. The van der Waals surface area contributed by atoms with Gasteiger partial charge >= 0.3 is 6.03 Å². The number of carbonyl (C=O) groups is 1. The van der Waals surface area contributed by atoms with Crippen LogP contribution in [0.25, 0.3) is 0 Å². The standard InChI is InChI=1S/C11H13Cl2FN2O2/c1-6(16-11(18)15-4-5-17)9-7(12)2-3-8(14)10(9)13/h2-3,6,17H,4-5H2,1H3,(H2,15,16,18). The van der Waals surface area contributed by atoms with Gasteiger partial charge in [-0.05, 0) is 19.1 Å². The molecule has 100 valence electrons. The van der Waals surface area contributed by atoms with Gasteiger partial charge in [-0.3, -0.25) is 0 Å². The summed E-state index contributed by atoms with van der Waals surface area (Å²) in [6.45, 7) is 1.59. The Balaban J connectivity index is 2.81. The van der Waals surface area contributed by atoms with Crippen LogP contribution in [-0.2, 0) is 0 Å². The highest BCUT2D eigenvalue weighted by molar-refractivity contribution is 6.36. The lowest BCUT2D eigenvalue weighted by atomic mass is 10.1. The summed E-state index contributed by atoms with van der Waals surface area (Å²) in [6, 6.07) is 1.49. The highest BCUT2D eigenvalue weighted by atomic mass is 35.5. The molecule has 7 heteroatoms. The topological polar surface area (TPSA) is 61.4 Å². The minimum Gasteiger partial charge on any atom is -0.395 e. The van der Waals surface area contributed by atoms with Gasteiger partial charge in [0.2, 0.25) is 0 Å². The van der Waals surface area contributed by atoms with Crippen molar-refractivity contribution in [2.24, 2.45) is 0 Å².